The maximum atomic E-state index is 6.09. The highest BCUT2D eigenvalue weighted by Gasteiger charge is 2.22. The van der Waals surface area contributed by atoms with Crippen molar-refractivity contribution in [2.75, 3.05) is 0 Å². The van der Waals surface area contributed by atoms with Gasteiger partial charge in [-0.3, -0.25) is 0 Å². The van der Waals surface area contributed by atoms with Crippen LogP contribution in [0.25, 0.3) is 0 Å². The molecule has 2 unspecified atom stereocenters. The zero-order valence-electron chi connectivity index (χ0n) is 9.23. The van der Waals surface area contributed by atoms with Crippen LogP contribution in [0.4, 0.5) is 0 Å². The molecule has 1 aliphatic carbocycles. The number of ether oxygens (including phenoxy) is 1. The summed E-state index contributed by atoms with van der Waals surface area (Å²) in [6.07, 6.45) is 7.65. The number of halogens is 1. The van der Waals surface area contributed by atoms with E-state index in [2.05, 4.69) is 20.9 Å². The summed E-state index contributed by atoms with van der Waals surface area (Å²) in [6.45, 7) is 0. The first kappa shape index (κ1) is 11.9. The second-order valence-corrected chi connectivity index (χ2v) is 5.19. The van der Waals surface area contributed by atoms with Gasteiger partial charge in [-0.05, 0) is 41.3 Å². The van der Waals surface area contributed by atoms with Gasteiger partial charge in [0, 0.05) is 22.8 Å². The third-order valence-electron chi connectivity index (χ3n) is 2.98. The Balaban J connectivity index is 1.99. The van der Waals surface area contributed by atoms with Crippen LogP contribution in [0.2, 0.25) is 0 Å². The van der Waals surface area contributed by atoms with Crippen LogP contribution in [-0.2, 0) is 0 Å². The smallest absolute Gasteiger partial charge is 0.213 e. The van der Waals surface area contributed by atoms with E-state index in [9.17, 15) is 0 Å². The Bertz CT molecular complexity index is 328. The predicted octanol–water partition coefficient (Wildman–Crippen LogP) is 2.88. The number of hydrogen-bond donors (Lipinski definition) is 1. The average molecular weight is 285 g/mol. The molecule has 4 heteroatoms. The average Bonchev–Trinajstić information content (AvgIpc) is 2.48. The van der Waals surface area contributed by atoms with E-state index in [1.54, 1.807) is 6.20 Å². The second-order valence-electron chi connectivity index (χ2n) is 4.27. The fraction of sp³-hybridized carbons (Fsp3) is 0.583. The van der Waals surface area contributed by atoms with Crippen molar-refractivity contribution in [3.05, 3.63) is 22.8 Å². The molecule has 0 aliphatic heterocycles. The lowest BCUT2D eigenvalue weighted by Crippen LogP contribution is -2.38. The summed E-state index contributed by atoms with van der Waals surface area (Å²) in [4.78, 5) is 4.21. The minimum absolute atomic E-state index is 0.121. The van der Waals surface area contributed by atoms with Crippen LogP contribution in [0, 0.1) is 0 Å². The van der Waals surface area contributed by atoms with Gasteiger partial charge >= 0.3 is 0 Å². The lowest BCUT2D eigenvalue weighted by atomic mass is 10.1. The third kappa shape index (κ3) is 3.19. The Morgan fingerprint density at radius 2 is 2.06 bits per heavy atom. The number of rotatable bonds is 2. The first-order valence-electron chi connectivity index (χ1n) is 5.79. The van der Waals surface area contributed by atoms with Gasteiger partial charge in [0.15, 0.2) is 0 Å². The van der Waals surface area contributed by atoms with Gasteiger partial charge in [0.05, 0.1) is 0 Å². The van der Waals surface area contributed by atoms with E-state index in [4.69, 9.17) is 10.5 Å². The van der Waals surface area contributed by atoms with Gasteiger partial charge in [-0.15, -0.1) is 0 Å². The van der Waals surface area contributed by atoms with Crippen LogP contribution < -0.4 is 10.5 Å². The number of hydrogen-bond acceptors (Lipinski definition) is 3. The van der Waals surface area contributed by atoms with Gasteiger partial charge in [0.25, 0.3) is 0 Å². The summed E-state index contributed by atoms with van der Waals surface area (Å²) in [5, 5.41) is 0. The van der Waals surface area contributed by atoms with E-state index in [1.165, 1.54) is 19.3 Å². The standard InChI is InChI=1S/C12H17BrN2O/c13-9-6-7-12(15-8-9)16-11-5-3-1-2-4-10(11)14/h6-8,10-11H,1-5,14H2. The Morgan fingerprint density at radius 1 is 1.25 bits per heavy atom. The monoisotopic (exact) mass is 284 g/mol. The zero-order valence-corrected chi connectivity index (χ0v) is 10.8. The summed E-state index contributed by atoms with van der Waals surface area (Å²) in [6, 6.07) is 3.96. The second kappa shape index (κ2) is 5.64. The first-order valence-corrected chi connectivity index (χ1v) is 6.59. The highest BCUT2D eigenvalue weighted by molar-refractivity contribution is 9.10. The van der Waals surface area contributed by atoms with Gasteiger partial charge < -0.3 is 10.5 Å². The normalized spacial score (nSPS) is 26.1. The zero-order chi connectivity index (χ0) is 11.4. The maximum Gasteiger partial charge on any atom is 0.213 e. The van der Waals surface area contributed by atoms with Crippen molar-refractivity contribution in [1.29, 1.82) is 0 Å². The van der Waals surface area contributed by atoms with E-state index in [0.29, 0.717) is 5.88 Å². The molecule has 0 bridgehead atoms. The van der Waals surface area contributed by atoms with Crippen LogP contribution in [0.1, 0.15) is 32.1 Å². The molecule has 88 valence electrons. The van der Waals surface area contributed by atoms with Crippen molar-refractivity contribution in [3.63, 3.8) is 0 Å². The fourth-order valence-electron chi connectivity index (χ4n) is 2.04. The number of nitrogens with two attached hydrogens (primary N) is 1. The summed E-state index contributed by atoms with van der Waals surface area (Å²) < 4.78 is 6.81. The minimum Gasteiger partial charge on any atom is -0.473 e. The number of aromatic nitrogens is 1. The Labute approximate surface area is 105 Å². The van der Waals surface area contributed by atoms with E-state index in [0.717, 1.165) is 17.3 Å². The predicted molar refractivity (Wildman–Crippen MR) is 67.4 cm³/mol. The molecule has 1 heterocycles. The highest BCUT2D eigenvalue weighted by atomic mass is 79.9. The van der Waals surface area contributed by atoms with Crippen LogP contribution in [-0.4, -0.2) is 17.1 Å². The van der Waals surface area contributed by atoms with Crippen LogP contribution in [0.15, 0.2) is 22.8 Å². The van der Waals surface area contributed by atoms with Crippen molar-refractivity contribution in [1.82, 2.24) is 4.98 Å². The number of pyridine rings is 1. The molecule has 3 nitrogen and oxygen atoms in total. The Morgan fingerprint density at radius 3 is 2.81 bits per heavy atom. The molecule has 0 spiro atoms. The Kier molecular flexibility index (Phi) is 4.18. The molecular weight excluding hydrogens is 268 g/mol. The highest BCUT2D eigenvalue weighted by Crippen LogP contribution is 2.21. The quantitative estimate of drug-likeness (QED) is 0.850. The fourth-order valence-corrected chi connectivity index (χ4v) is 2.27. The molecule has 1 fully saturated rings. The van der Waals surface area contributed by atoms with Crippen molar-refractivity contribution in [3.8, 4) is 5.88 Å². The topological polar surface area (TPSA) is 48.1 Å². The van der Waals surface area contributed by atoms with Gasteiger partial charge in [-0.1, -0.05) is 12.8 Å². The maximum absolute atomic E-state index is 6.09. The van der Waals surface area contributed by atoms with Crippen molar-refractivity contribution in [2.45, 2.75) is 44.2 Å². The van der Waals surface area contributed by atoms with Gasteiger partial charge in [-0.25, -0.2) is 4.98 Å². The van der Waals surface area contributed by atoms with Crippen LogP contribution in [0.3, 0.4) is 0 Å². The SMILES string of the molecule is NC1CCCCCC1Oc1ccc(Br)cn1. The molecule has 2 atom stereocenters. The molecule has 1 aromatic rings. The van der Waals surface area contributed by atoms with Crippen molar-refractivity contribution >= 4 is 15.9 Å². The van der Waals surface area contributed by atoms with Crippen molar-refractivity contribution < 1.29 is 4.74 Å². The van der Waals surface area contributed by atoms with Gasteiger partial charge in [0.2, 0.25) is 5.88 Å². The molecule has 1 aliphatic rings. The summed E-state index contributed by atoms with van der Waals surface area (Å²) >= 11 is 3.35. The van der Waals surface area contributed by atoms with E-state index >= 15 is 0 Å². The molecule has 0 amide bonds. The van der Waals surface area contributed by atoms with Crippen LogP contribution in [0.5, 0.6) is 5.88 Å². The molecule has 1 aromatic heterocycles. The van der Waals surface area contributed by atoms with Crippen LogP contribution >= 0.6 is 15.9 Å². The third-order valence-corrected chi connectivity index (χ3v) is 3.45. The number of nitrogens with zero attached hydrogens (tertiary/aromatic N) is 1. The molecule has 2 rings (SSSR count). The molecular formula is C12H17BrN2O. The minimum atomic E-state index is 0.121. The van der Waals surface area contributed by atoms with E-state index in [1.807, 2.05) is 12.1 Å². The largest absolute Gasteiger partial charge is 0.473 e. The molecule has 0 aromatic carbocycles. The van der Waals surface area contributed by atoms with Gasteiger partial charge in [0.1, 0.15) is 6.10 Å². The summed E-state index contributed by atoms with van der Waals surface area (Å²) in [5.41, 5.74) is 6.09. The molecule has 0 saturated heterocycles. The van der Waals surface area contributed by atoms with E-state index < -0.39 is 0 Å². The first-order chi connectivity index (χ1) is 7.75. The van der Waals surface area contributed by atoms with E-state index in [-0.39, 0.29) is 12.1 Å². The molecule has 0 radical (unpaired) electrons. The summed E-state index contributed by atoms with van der Waals surface area (Å²) in [7, 11) is 0. The molecule has 1 saturated carbocycles. The van der Waals surface area contributed by atoms with Gasteiger partial charge in [-0.2, -0.15) is 0 Å². The Hall–Kier alpha value is -0.610. The lowest BCUT2D eigenvalue weighted by Gasteiger charge is -2.22. The van der Waals surface area contributed by atoms with Crippen molar-refractivity contribution in [2.24, 2.45) is 5.73 Å². The molecule has 16 heavy (non-hydrogen) atoms. The molecule has 2 N–H and O–H groups in total. The lowest BCUT2D eigenvalue weighted by molar-refractivity contribution is 0.156. The summed E-state index contributed by atoms with van der Waals surface area (Å²) in [5.74, 6) is 0.672.